The van der Waals surface area contributed by atoms with E-state index in [0.29, 0.717) is 24.3 Å². The molecule has 0 aliphatic carbocycles. The zero-order chi connectivity index (χ0) is 13.0. The Kier molecular flexibility index (Phi) is 3.89. The second-order valence-electron chi connectivity index (χ2n) is 4.04. The third kappa shape index (κ3) is 2.65. The van der Waals surface area contributed by atoms with Crippen molar-refractivity contribution in [1.29, 1.82) is 0 Å². The van der Waals surface area contributed by atoms with Crippen molar-refractivity contribution >= 4 is 17.2 Å². The Balaban J connectivity index is 2.33. The van der Waals surface area contributed by atoms with E-state index in [0.717, 1.165) is 10.9 Å². The molecular weight excluding hydrogens is 230 g/mol. The number of ether oxygens (including phenoxy) is 2. The smallest absolute Gasteiger partial charge is 0.172 e. The fraction of sp³-hybridized carbons (Fsp3) is 0.286. The van der Waals surface area contributed by atoms with Gasteiger partial charge in [-0.05, 0) is 19.1 Å². The molecule has 4 heteroatoms. The van der Waals surface area contributed by atoms with Gasteiger partial charge in [0, 0.05) is 12.5 Å². The monoisotopic (exact) mass is 245 g/mol. The van der Waals surface area contributed by atoms with E-state index in [1.807, 2.05) is 37.3 Å². The van der Waals surface area contributed by atoms with Gasteiger partial charge in [0.2, 0.25) is 0 Å². The molecule has 0 N–H and O–H groups in total. The van der Waals surface area contributed by atoms with Crippen molar-refractivity contribution in [2.75, 3.05) is 13.7 Å². The quantitative estimate of drug-likeness (QED) is 0.759. The standard InChI is InChI=1S/C14H15NO3/c1-10(17-2)9-18-14-7-11-5-3-4-6-12(11)15-13(14)8-16/h3-8,10H,9H2,1-2H3/t10-/m0/s1. The minimum atomic E-state index is -0.0315. The number of para-hydroxylation sites is 1. The third-order valence-corrected chi connectivity index (χ3v) is 2.70. The van der Waals surface area contributed by atoms with Crippen molar-refractivity contribution in [3.05, 3.63) is 36.0 Å². The predicted molar refractivity (Wildman–Crippen MR) is 69.1 cm³/mol. The fourth-order valence-corrected chi connectivity index (χ4v) is 1.59. The summed E-state index contributed by atoms with van der Waals surface area (Å²) in [5.74, 6) is 0.493. The van der Waals surface area contributed by atoms with Crippen molar-refractivity contribution in [1.82, 2.24) is 4.98 Å². The van der Waals surface area contributed by atoms with E-state index in [1.165, 1.54) is 0 Å². The molecule has 0 saturated carbocycles. The van der Waals surface area contributed by atoms with Gasteiger partial charge in [-0.2, -0.15) is 0 Å². The number of carbonyl (C=O) groups is 1. The van der Waals surface area contributed by atoms with Crippen molar-refractivity contribution < 1.29 is 14.3 Å². The first kappa shape index (κ1) is 12.5. The predicted octanol–water partition coefficient (Wildman–Crippen LogP) is 2.46. The molecule has 0 aliphatic rings. The van der Waals surface area contributed by atoms with E-state index in [-0.39, 0.29) is 6.10 Å². The summed E-state index contributed by atoms with van der Waals surface area (Å²) in [5.41, 5.74) is 1.10. The lowest BCUT2D eigenvalue weighted by atomic mass is 10.2. The highest BCUT2D eigenvalue weighted by atomic mass is 16.5. The maximum Gasteiger partial charge on any atom is 0.172 e. The largest absolute Gasteiger partial charge is 0.488 e. The van der Waals surface area contributed by atoms with Crippen LogP contribution in [0.15, 0.2) is 30.3 Å². The molecule has 2 rings (SSSR count). The van der Waals surface area contributed by atoms with Crippen LogP contribution in [0.4, 0.5) is 0 Å². The number of pyridine rings is 1. The zero-order valence-corrected chi connectivity index (χ0v) is 10.4. The van der Waals surface area contributed by atoms with Crippen molar-refractivity contribution in [2.24, 2.45) is 0 Å². The van der Waals surface area contributed by atoms with Gasteiger partial charge in [0.05, 0.1) is 11.6 Å². The molecule has 0 spiro atoms. The van der Waals surface area contributed by atoms with E-state index in [9.17, 15) is 4.79 Å². The average Bonchev–Trinajstić information content (AvgIpc) is 2.43. The molecule has 2 aromatic rings. The highest BCUT2D eigenvalue weighted by molar-refractivity contribution is 5.86. The van der Waals surface area contributed by atoms with Crippen molar-refractivity contribution in [3.63, 3.8) is 0 Å². The number of nitrogens with zero attached hydrogens (tertiary/aromatic N) is 1. The number of aldehydes is 1. The highest BCUT2D eigenvalue weighted by Crippen LogP contribution is 2.22. The molecule has 0 aliphatic heterocycles. The molecule has 18 heavy (non-hydrogen) atoms. The van der Waals surface area contributed by atoms with Crippen LogP contribution >= 0.6 is 0 Å². The summed E-state index contributed by atoms with van der Waals surface area (Å²) in [6.45, 7) is 2.28. The van der Waals surface area contributed by atoms with Gasteiger partial charge in [-0.1, -0.05) is 18.2 Å². The summed E-state index contributed by atoms with van der Waals surface area (Å²) in [6, 6.07) is 9.44. The minimum absolute atomic E-state index is 0.0315. The topological polar surface area (TPSA) is 48.4 Å². The molecule has 4 nitrogen and oxygen atoms in total. The van der Waals surface area contributed by atoms with Crippen LogP contribution in [0.25, 0.3) is 10.9 Å². The van der Waals surface area contributed by atoms with Crippen molar-refractivity contribution in [3.8, 4) is 5.75 Å². The second-order valence-corrected chi connectivity index (χ2v) is 4.04. The summed E-state index contributed by atoms with van der Waals surface area (Å²) in [4.78, 5) is 15.3. The molecule has 1 heterocycles. The number of hydrogen-bond donors (Lipinski definition) is 0. The lowest BCUT2D eigenvalue weighted by Gasteiger charge is -2.13. The van der Waals surface area contributed by atoms with Gasteiger partial charge < -0.3 is 9.47 Å². The zero-order valence-electron chi connectivity index (χ0n) is 10.4. The number of methoxy groups -OCH3 is 1. The van der Waals surface area contributed by atoms with Crippen LogP contribution in [-0.2, 0) is 4.74 Å². The van der Waals surface area contributed by atoms with Gasteiger partial charge in [0.25, 0.3) is 0 Å². The van der Waals surface area contributed by atoms with Gasteiger partial charge >= 0.3 is 0 Å². The van der Waals surface area contributed by atoms with Gasteiger partial charge in [0.1, 0.15) is 18.1 Å². The number of fused-ring (bicyclic) bond motifs is 1. The molecule has 1 aromatic carbocycles. The number of rotatable bonds is 5. The van der Waals surface area contributed by atoms with Crippen LogP contribution in [0.5, 0.6) is 5.75 Å². The Bertz CT molecular complexity index is 554. The van der Waals surface area contributed by atoms with E-state index in [1.54, 1.807) is 7.11 Å². The van der Waals surface area contributed by atoms with Crippen LogP contribution in [0.3, 0.4) is 0 Å². The number of carbonyl (C=O) groups excluding carboxylic acids is 1. The molecule has 0 saturated heterocycles. The van der Waals surface area contributed by atoms with Gasteiger partial charge in [0.15, 0.2) is 6.29 Å². The first-order valence-corrected chi connectivity index (χ1v) is 5.75. The highest BCUT2D eigenvalue weighted by Gasteiger charge is 2.09. The maximum absolute atomic E-state index is 11.0. The van der Waals surface area contributed by atoms with E-state index in [4.69, 9.17) is 9.47 Å². The molecule has 0 unspecified atom stereocenters. The fourth-order valence-electron chi connectivity index (χ4n) is 1.59. The number of benzene rings is 1. The molecule has 0 fully saturated rings. The molecule has 1 aromatic heterocycles. The summed E-state index contributed by atoms with van der Waals surface area (Å²) >= 11 is 0. The van der Waals surface area contributed by atoms with Crippen LogP contribution in [0.1, 0.15) is 17.4 Å². The molecule has 0 amide bonds. The molecule has 0 radical (unpaired) electrons. The minimum Gasteiger partial charge on any atom is -0.488 e. The van der Waals surface area contributed by atoms with Crippen LogP contribution in [0.2, 0.25) is 0 Å². The van der Waals surface area contributed by atoms with E-state index in [2.05, 4.69) is 4.98 Å². The molecule has 94 valence electrons. The maximum atomic E-state index is 11.0. The van der Waals surface area contributed by atoms with Crippen LogP contribution < -0.4 is 4.74 Å². The first-order chi connectivity index (χ1) is 8.74. The van der Waals surface area contributed by atoms with Gasteiger partial charge in [-0.3, -0.25) is 4.79 Å². The Morgan fingerprint density at radius 2 is 2.17 bits per heavy atom. The molecule has 0 bridgehead atoms. The lowest BCUT2D eigenvalue weighted by molar-refractivity contribution is 0.0710. The SMILES string of the molecule is CO[C@@H](C)COc1cc2ccccc2nc1C=O. The third-order valence-electron chi connectivity index (χ3n) is 2.70. The number of aromatic nitrogens is 1. The molecular formula is C14H15NO3. The normalized spacial score (nSPS) is 12.3. The van der Waals surface area contributed by atoms with Gasteiger partial charge in [-0.25, -0.2) is 4.98 Å². The summed E-state index contributed by atoms with van der Waals surface area (Å²) in [7, 11) is 1.62. The second kappa shape index (κ2) is 5.60. The Hall–Kier alpha value is -1.94. The van der Waals surface area contributed by atoms with Crippen LogP contribution in [-0.4, -0.2) is 31.1 Å². The lowest BCUT2D eigenvalue weighted by Crippen LogP contribution is -2.16. The summed E-state index contributed by atoms with van der Waals surface area (Å²) < 4.78 is 10.7. The Morgan fingerprint density at radius 1 is 1.39 bits per heavy atom. The summed E-state index contributed by atoms with van der Waals surface area (Å²) in [6.07, 6.45) is 0.676. The first-order valence-electron chi connectivity index (χ1n) is 5.75. The summed E-state index contributed by atoms with van der Waals surface area (Å²) in [5, 5.41) is 0.947. The van der Waals surface area contributed by atoms with Gasteiger partial charge in [-0.15, -0.1) is 0 Å². The van der Waals surface area contributed by atoms with E-state index < -0.39 is 0 Å². The average molecular weight is 245 g/mol. The Labute approximate surface area is 106 Å². The molecule has 1 atom stereocenters. The Morgan fingerprint density at radius 3 is 2.89 bits per heavy atom. The van der Waals surface area contributed by atoms with Crippen molar-refractivity contribution in [2.45, 2.75) is 13.0 Å². The van der Waals surface area contributed by atoms with Crippen LogP contribution in [0, 0.1) is 0 Å². The number of hydrogen-bond acceptors (Lipinski definition) is 4. The van der Waals surface area contributed by atoms with E-state index >= 15 is 0 Å².